The lowest BCUT2D eigenvalue weighted by molar-refractivity contribution is -0.142. The molecule has 0 heterocycles. The Morgan fingerprint density at radius 1 is 0.430 bits per heavy atom. The zero-order valence-electron chi connectivity index (χ0n) is 56.1. The molecule has 4 aliphatic rings. The molecule has 10 rings (SSSR count). The van der Waals surface area contributed by atoms with Crippen LogP contribution < -0.4 is 28.4 Å². The van der Waals surface area contributed by atoms with Gasteiger partial charge in [-0.1, -0.05) is 123 Å². The first-order valence-corrected chi connectivity index (χ1v) is 33.2. The molecule has 0 amide bonds. The highest BCUT2D eigenvalue weighted by Gasteiger charge is 2.52. The number of carbonyl (C=O) groups is 2. The van der Waals surface area contributed by atoms with Crippen LogP contribution >= 0.6 is 0 Å². The van der Waals surface area contributed by atoms with E-state index >= 15 is 0 Å². The van der Waals surface area contributed by atoms with Gasteiger partial charge in [-0.15, -0.1) is 0 Å². The molecule has 0 radical (unpaired) electrons. The second kappa shape index (κ2) is 44.7. The Hall–Kier alpha value is -7.45. The van der Waals surface area contributed by atoms with Crippen LogP contribution in [0.2, 0.25) is 0 Å². The number of halogens is 1. The zero-order valence-corrected chi connectivity index (χ0v) is 56.1. The number of phenols is 1. The number of rotatable bonds is 32. The van der Waals surface area contributed by atoms with Crippen molar-refractivity contribution in [2.24, 2.45) is 17.8 Å². The van der Waals surface area contributed by atoms with Crippen LogP contribution in [0.15, 0.2) is 97.1 Å². The Labute approximate surface area is 597 Å². The lowest BCUT2D eigenvalue weighted by atomic mass is 9.48. The molecule has 4 aliphatic carbocycles. The average Bonchev–Trinajstić information content (AvgIpc) is 0.734. The number of hydrogen-bond donors (Lipinski definition) is 7. The lowest BCUT2D eigenvalue weighted by Crippen LogP contribution is -2.48. The number of aliphatic hydroxyl groups excluding tert-OH is 6. The van der Waals surface area contributed by atoms with Crippen molar-refractivity contribution in [1.29, 1.82) is 0 Å². The maximum Gasteiger partial charge on any atom is 0.302 e. The van der Waals surface area contributed by atoms with Gasteiger partial charge >= 0.3 is 11.9 Å². The Morgan fingerprint density at radius 3 is 1.00 bits per heavy atom. The molecule has 0 spiro atoms. The average molecular weight is 1400 g/mol. The summed E-state index contributed by atoms with van der Waals surface area (Å²) in [4.78, 5) is 22.3. The summed E-state index contributed by atoms with van der Waals surface area (Å²) in [5.41, 5.74) is 8.08. The smallest absolute Gasteiger partial charge is 0.302 e. The fourth-order valence-corrected chi connectivity index (χ4v) is 13.5. The highest BCUT2D eigenvalue weighted by Crippen LogP contribution is 2.61. The minimum absolute atomic E-state index is 0. The summed E-state index contributed by atoms with van der Waals surface area (Å²) in [6.07, 6.45) is 11.2. The fourth-order valence-electron chi connectivity index (χ4n) is 13.5. The third-order valence-corrected chi connectivity index (χ3v) is 18.8. The Kier molecular flexibility index (Phi) is 40.5. The molecular weight excluding hydrogens is 1280 g/mol. The summed E-state index contributed by atoms with van der Waals surface area (Å²) < 4.78 is 58.9. The number of carbonyl (C=O) groups excluding carboxylic acids is 2. The molecule has 3 atom stereocenters. The predicted molar refractivity (Wildman–Crippen MR) is 396 cm³/mol. The second-order valence-electron chi connectivity index (χ2n) is 25.2. The molecule has 4 bridgehead atoms. The molecule has 0 saturated heterocycles. The largest absolute Gasteiger partial charge is 0.507 e. The summed E-state index contributed by atoms with van der Waals surface area (Å²) >= 11 is 0. The lowest BCUT2D eigenvalue weighted by Gasteiger charge is -2.57. The van der Waals surface area contributed by atoms with Crippen LogP contribution in [0.25, 0.3) is 0 Å². The summed E-state index contributed by atoms with van der Waals surface area (Å²) in [5, 5.41) is 69.0. The minimum atomic E-state index is -0.547. The van der Waals surface area contributed by atoms with Crippen molar-refractivity contribution < 1.29 is 87.6 Å². The minimum Gasteiger partial charge on any atom is -0.507 e. The topological polar surface area (TPSA) is 250 Å². The van der Waals surface area contributed by atoms with E-state index in [4.69, 9.17) is 37.9 Å². The van der Waals surface area contributed by atoms with Gasteiger partial charge in [0.1, 0.15) is 98.9 Å². The van der Waals surface area contributed by atoms with Gasteiger partial charge in [0.05, 0.1) is 39.6 Å². The molecule has 4 saturated carbocycles. The van der Waals surface area contributed by atoms with Gasteiger partial charge in [0.2, 0.25) is 0 Å². The number of aromatic hydroxyl groups is 1. The van der Waals surface area contributed by atoms with Gasteiger partial charge in [-0.05, 0) is 182 Å². The molecule has 560 valence electrons. The first-order chi connectivity index (χ1) is 45.3. The van der Waals surface area contributed by atoms with E-state index in [1.807, 2.05) is 60.7 Å². The third-order valence-electron chi connectivity index (χ3n) is 18.8. The van der Waals surface area contributed by atoms with Gasteiger partial charge in [-0.25, -0.2) is 4.39 Å². The maximum atomic E-state index is 14.0. The highest BCUT2D eigenvalue weighted by atomic mass is 19.1. The van der Waals surface area contributed by atoms with Crippen molar-refractivity contribution in [2.45, 2.75) is 234 Å². The molecule has 100 heavy (non-hydrogen) atoms. The van der Waals surface area contributed by atoms with E-state index in [1.54, 1.807) is 0 Å². The van der Waals surface area contributed by atoms with Crippen molar-refractivity contribution >= 4 is 11.9 Å². The van der Waals surface area contributed by atoms with Gasteiger partial charge in [-0.2, -0.15) is 0 Å². The molecule has 6 aromatic carbocycles. The van der Waals surface area contributed by atoms with E-state index in [2.05, 4.69) is 65.8 Å². The van der Waals surface area contributed by atoms with Crippen LogP contribution in [0.5, 0.6) is 40.2 Å². The second-order valence-corrected chi connectivity index (χ2v) is 25.2. The molecule has 6 aromatic rings. The maximum absolute atomic E-state index is 14.0. The van der Waals surface area contributed by atoms with Crippen LogP contribution in [-0.4, -0.2) is 87.3 Å². The Bertz CT molecular complexity index is 3220. The molecule has 3 unspecified atom stereocenters. The van der Waals surface area contributed by atoms with Crippen LogP contribution in [0.3, 0.4) is 0 Å². The van der Waals surface area contributed by atoms with Gasteiger partial charge in [-0.3, -0.25) is 9.59 Å². The SMILES string of the molecule is C.C.C.C.C.C.CCC(C)c1ccc(OCCOc2c(CO)c(CO)c(O)c(CO)c2CO)cc1.CCC(C)c1ccc(OCCOc2c(CO)cc(C34CC5CC(CC(C5)C3)C4)cc2CO)cc1.CCC(C)c1ccc(OCCOc2c(COC(C)=O)cc(F)cc2COC(C)=O)cc1. The van der Waals surface area contributed by atoms with Gasteiger partial charge in [0.15, 0.2) is 0 Å². The zero-order chi connectivity index (χ0) is 67.9. The first kappa shape index (κ1) is 90.6. The first-order valence-electron chi connectivity index (χ1n) is 33.2. The summed E-state index contributed by atoms with van der Waals surface area (Å²) in [6.45, 7) is 14.5. The van der Waals surface area contributed by atoms with Crippen molar-refractivity contribution in [3.05, 3.63) is 170 Å². The Morgan fingerprint density at radius 2 is 0.720 bits per heavy atom. The molecule has 18 heteroatoms. The number of esters is 2. The molecule has 0 aromatic heterocycles. The van der Waals surface area contributed by atoms with E-state index in [0.717, 1.165) is 59.6 Å². The van der Waals surface area contributed by atoms with Crippen molar-refractivity contribution in [3.8, 4) is 40.2 Å². The standard InChI is InChI=1S/C30H40O4.C24H29FO6.C22H30O7.6CH4/c1-3-20(2)24-4-6-28(7-5-24)33-8-9-34-29-25(18-31)13-27(14-26(29)19-32)30-15-21-10-22(16-30)12-23(11-21)17-30;1-5-16(2)19-6-8-23(9-7-19)28-10-11-29-24-20(14-30-17(3)26)12-22(25)13-21(24)15-31-18(4)27;1-3-14(2)15-4-6-16(7-5-15)28-8-9-29-22-19(12-25)17(10-23)21(27)18(11-24)20(22)13-26;;;;;;/h4-7,13-14,20-23,31-32H,3,8-12,15-19H2,1-2H3;6-9,12-13,16H,5,10-11,14-15H2,1-4H3;4-7,14,23-27H,3,8-13H2,1-2H3;6*1H4. The Balaban J connectivity index is 0.000000731. The van der Waals surface area contributed by atoms with Gasteiger partial charge < -0.3 is 73.6 Å². The summed E-state index contributed by atoms with van der Waals surface area (Å²) in [7, 11) is 0. The van der Waals surface area contributed by atoms with Gasteiger partial charge in [0.25, 0.3) is 0 Å². The van der Waals surface area contributed by atoms with Crippen molar-refractivity contribution in [3.63, 3.8) is 0 Å². The third kappa shape index (κ3) is 24.4. The number of benzene rings is 6. The van der Waals surface area contributed by atoms with Crippen LogP contribution in [0, 0.1) is 23.6 Å². The molecule has 0 aliphatic heterocycles. The van der Waals surface area contributed by atoms with Crippen molar-refractivity contribution in [1.82, 2.24) is 0 Å². The fraction of sp³-hybridized carbons (Fsp3) is 0.537. The van der Waals surface area contributed by atoms with Crippen molar-refractivity contribution in [2.75, 3.05) is 39.6 Å². The normalized spacial score (nSPS) is 16.6. The van der Waals surface area contributed by atoms with E-state index in [9.17, 15) is 49.7 Å². The van der Waals surface area contributed by atoms with Gasteiger partial charge in [0, 0.05) is 58.4 Å². The summed E-state index contributed by atoms with van der Waals surface area (Å²) in [5.74, 6) is 5.49. The number of ether oxygens (including phenoxy) is 8. The molecule has 7 N–H and O–H groups in total. The van der Waals surface area contributed by atoms with Crippen LogP contribution in [0.1, 0.15) is 242 Å². The number of hydrogen-bond acceptors (Lipinski definition) is 17. The number of aliphatic hydroxyl groups is 6. The van der Waals surface area contributed by atoms with Crippen LogP contribution in [-0.2, 0) is 77.3 Å². The van der Waals surface area contributed by atoms with E-state index in [0.29, 0.717) is 59.3 Å². The van der Waals surface area contributed by atoms with Crippen LogP contribution in [0.4, 0.5) is 4.39 Å². The monoisotopic (exact) mass is 1400 g/mol. The quantitative estimate of drug-likeness (QED) is 0.0153. The van der Waals surface area contributed by atoms with E-state index < -0.39 is 44.2 Å². The predicted octanol–water partition coefficient (Wildman–Crippen LogP) is 17.2. The summed E-state index contributed by atoms with van der Waals surface area (Å²) in [6, 6.07) is 30.8. The molecular formula is C82H123FO17. The van der Waals surface area contributed by atoms with E-state index in [1.165, 1.54) is 86.8 Å². The highest BCUT2D eigenvalue weighted by molar-refractivity contribution is 5.67. The molecule has 17 nitrogen and oxygen atoms in total. The van der Waals surface area contributed by atoms with E-state index in [-0.39, 0.29) is 137 Å². The molecule has 4 fully saturated rings.